The lowest BCUT2D eigenvalue weighted by atomic mass is 9.59. The summed E-state index contributed by atoms with van der Waals surface area (Å²) in [5.41, 5.74) is 0. The van der Waals surface area contributed by atoms with Crippen LogP contribution in [0.2, 0.25) is 0 Å². The maximum atomic E-state index is 12.5. The van der Waals surface area contributed by atoms with Gasteiger partial charge in [0.25, 0.3) is 0 Å². The highest BCUT2D eigenvalue weighted by molar-refractivity contribution is 5.75. The zero-order chi connectivity index (χ0) is 17.1. The molecule has 0 radical (unpaired) electrons. The van der Waals surface area contributed by atoms with Crippen molar-refractivity contribution in [2.75, 3.05) is 13.7 Å². The second-order valence-electron chi connectivity index (χ2n) is 6.98. The first-order valence-corrected chi connectivity index (χ1v) is 8.51. The number of hydrogen-bond acceptors (Lipinski definition) is 5. The molecule has 2 aliphatic carbocycles. The predicted molar refractivity (Wildman–Crippen MR) is 85.3 cm³/mol. The van der Waals surface area contributed by atoms with Gasteiger partial charge in [-0.2, -0.15) is 0 Å². The Balaban J connectivity index is 2.29. The molecule has 0 aliphatic heterocycles. The molecule has 0 spiro atoms. The van der Waals surface area contributed by atoms with E-state index in [2.05, 4.69) is 26.0 Å². The molecule has 0 aromatic rings. The standard InChI is InChI=1S/C18H28O5/c1-5-23-18(21)16-13(10(2)3)7-6-11-8-12(17(20)22-4)9-14(19)15(11)16/h6-7,10-16,19H,5,8-9H2,1-4H3/t11?,12-,13+,14?,15?,16-/m0/s1. The van der Waals surface area contributed by atoms with E-state index in [-0.39, 0.29) is 47.4 Å². The maximum Gasteiger partial charge on any atom is 0.309 e. The van der Waals surface area contributed by atoms with Gasteiger partial charge in [-0.25, -0.2) is 0 Å². The summed E-state index contributed by atoms with van der Waals surface area (Å²) < 4.78 is 10.1. The molecule has 1 N–H and O–H groups in total. The summed E-state index contributed by atoms with van der Waals surface area (Å²) in [6, 6.07) is 0. The molecule has 1 saturated carbocycles. The second-order valence-corrected chi connectivity index (χ2v) is 6.98. The van der Waals surface area contributed by atoms with Crippen LogP contribution < -0.4 is 0 Å². The third-order valence-electron chi connectivity index (χ3n) is 5.29. The van der Waals surface area contributed by atoms with Crippen molar-refractivity contribution in [3.8, 4) is 0 Å². The normalized spacial score (nSPS) is 36.4. The quantitative estimate of drug-likeness (QED) is 0.634. The van der Waals surface area contributed by atoms with Gasteiger partial charge in [-0.3, -0.25) is 9.59 Å². The number of fused-ring (bicyclic) bond motifs is 1. The van der Waals surface area contributed by atoms with Gasteiger partial charge in [-0.1, -0.05) is 26.0 Å². The van der Waals surface area contributed by atoms with Gasteiger partial charge in [0.1, 0.15) is 0 Å². The summed E-state index contributed by atoms with van der Waals surface area (Å²) in [6.45, 7) is 6.28. The van der Waals surface area contributed by atoms with Crippen molar-refractivity contribution in [2.45, 2.75) is 39.7 Å². The molecular formula is C18H28O5. The van der Waals surface area contributed by atoms with Gasteiger partial charge in [-0.15, -0.1) is 0 Å². The fourth-order valence-corrected chi connectivity index (χ4v) is 4.22. The molecule has 2 rings (SSSR count). The van der Waals surface area contributed by atoms with Crippen molar-refractivity contribution >= 4 is 11.9 Å². The van der Waals surface area contributed by atoms with E-state index in [1.807, 2.05) is 0 Å². The van der Waals surface area contributed by atoms with Gasteiger partial charge in [0, 0.05) is 5.92 Å². The third kappa shape index (κ3) is 3.60. The van der Waals surface area contributed by atoms with Crippen molar-refractivity contribution in [1.82, 2.24) is 0 Å². The van der Waals surface area contributed by atoms with Crippen molar-refractivity contribution < 1.29 is 24.2 Å². The molecule has 0 saturated heterocycles. The van der Waals surface area contributed by atoms with Gasteiger partial charge >= 0.3 is 11.9 Å². The van der Waals surface area contributed by atoms with Gasteiger partial charge < -0.3 is 14.6 Å². The van der Waals surface area contributed by atoms with E-state index in [4.69, 9.17) is 9.47 Å². The zero-order valence-corrected chi connectivity index (χ0v) is 14.4. The smallest absolute Gasteiger partial charge is 0.309 e. The number of hydrogen-bond donors (Lipinski definition) is 1. The molecule has 0 heterocycles. The lowest BCUT2D eigenvalue weighted by molar-refractivity contribution is -0.161. The first kappa shape index (κ1) is 18.0. The number of aliphatic hydroxyl groups excluding tert-OH is 1. The third-order valence-corrected chi connectivity index (χ3v) is 5.29. The van der Waals surface area contributed by atoms with Crippen LogP contribution in [0, 0.1) is 35.5 Å². The van der Waals surface area contributed by atoms with Crippen LogP contribution in [0.1, 0.15) is 33.6 Å². The Bertz CT molecular complexity index is 470. The molecule has 2 aliphatic rings. The summed E-state index contributed by atoms with van der Waals surface area (Å²) in [6.07, 6.45) is 4.41. The van der Waals surface area contributed by atoms with Gasteiger partial charge in [-0.05, 0) is 37.5 Å². The number of esters is 2. The van der Waals surface area contributed by atoms with Crippen LogP contribution >= 0.6 is 0 Å². The molecule has 1 fully saturated rings. The fourth-order valence-electron chi connectivity index (χ4n) is 4.22. The number of ether oxygens (including phenoxy) is 2. The molecule has 0 amide bonds. The van der Waals surface area contributed by atoms with Gasteiger partial charge in [0.15, 0.2) is 0 Å². The fraction of sp³-hybridized carbons (Fsp3) is 0.778. The van der Waals surface area contributed by atoms with E-state index in [9.17, 15) is 14.7 Å². The van der Waals surface area contributed by atoms with Gasteiger partial charge in [0.05, 0.1) is 31.7 Å². The van der Waals surface area contributed by atoms with Crippen LogP contribution in [-0.4, -0.2) is 36.9 Å². The largest absolute Gasteiger partial charge is 0.469 e. The Morgan fingerprint density at radius 3 is 2.48 bits per heavy atom. The minimum atomic E-state index is -0.696. The first-order chi connectivity index (χ1) is 10.9. The van der Waals surface area contributed by atoms with Crippen LogP contribution in [0.25, 0.3) is 0 Å². The molecule has 130 valence electrons. The van der Waals surface area contributed by atoms with E-state index in [1.54, 1.807) is 6.92 Å². The number of carbonyl (C=O) groups is 2. The SMILES string of the molecule is CCOC(=O)[C@@H]1C2C(O)C[C@@H](C(=O)OC)CC2C=C[C@@H]1C(C)C. The minimum Gasteiger partial charge on any atom is -0.469 e. The van der Waals surface area contributed by atoms with E-state index in [0.717, 1.165) is 0 Å². The van der Waals surface area contributed by atoms with Crippen LogP contribution in [-0.2, 0) is 19.1 Å². The van der Waals surface area contributed by atoms with Crippen molar-refractivity contribution in [1.29, 1.82) is 0 Å². The Morgan fingerprint density at radius 1 is 1.22 bits per heavy atom. The summed E-state index contributed by atoms with van der Waals surface area (Å²) in [4.78, 5) is 24.4. The maximum absolute atomic E-state index is 12.5. The molecule has 5 heteroatoms. The van der Waals surface area contributed by atoms with Crippen molar-refractivity contribution in [3.05, 3.63) is 12.2 Å². The minimum absolute atomic E-state index is 0.00672. The topological polar surface area (TPSA) is 72.8 Å². The van der Waals surface area contributed by atoms with E-state index >= 15 is 0 Å². The Morgan fingerprint density at radius 2 is 1.91 bits per heavy atom. The molecule has 0 aromatic heterocycles. The average molecular weight is 324 g/mol. The first-order valence-electron chi connectivity index (χ1n) is 8.51. The summed E-state index contributed by atoms with van der Waals surface area (Å²) >= 11 is 0. The lowest BCUT2D eigenvalue weighted by Crippen LogP contribution is -2.49. The number of carbonyl (C=O) groups excluding carboxylic acids is 2. The van der Waals surface area contributed by atoms with Crippen molar-refractivity contribution in [3.63, 3.8) is 0 Å². The number of rotatable bonds is 4. The molecule has 0 bridgehead atoms. The Kier molecular flexibility index (Phi) is 5.84. The van der Waals surface area contributed by atoms with E-state index in [0.29, 0.717) is 19.4 Å². The van der Waals surface area contributed by atoms with Crippen LogP contribution in [0.3, 0.4) is 0 Å². The Hall–Kier alpha value is -1.36. The zero-order valence-electron chi connectivity index (χ0n) is 14.4. The monoisotopic (exact) mass is 324 g/mol. The van der Waals surface area contributed by atoms with Gasteiger partial charge in [0.2, 0.25) is 0 Å². The Labute approximate surface area is 138 Å². The molecule has 3 unspecified atom stereocenters. The lowest BCUT2D eigenvalue weighted by Gasteiger charge is -2.46. The number of methoxy groups -OCH3 is 1. The highest BCUT2D eigenvalue weighted by Gasteiger charge is 2.50. The average Bonchev–Trinajstić information content (AvgIpc) is 2.52. The van der Waals surface area contributed by atoms with E-state index < -0.39 is 6.10 Å². The van der Waals surface area contributed by atoms with Crippen LogP contribution in [0.15, 0.2) is 12.2 Å². The molecule has 5 nitrogen and oxygen atoms in total. The molecule has 23 heavy (non-hydrogen) atoms. The number of aliphatic hydroxyl groups is 1. The van der Waals surface area contributed by atoms with E-state index in [1.165, 1.54) is 7.11 Å². The summed E-state index contributed by atoms with van der Waals surface area (Å²) in [5, 5.41) is 10.7. The molecular weight excluding hydrogens is 296 g/mol. The van der Waals surface area contributed by atoms with Crippen LogP contribution in [0.4, 0.5) is 0 Å². The second kappa shape index (κ2) is 7.47. The van der Waals surface area contributed by atoms with Crippen LogP contribution in [0.5, 0.6) is 0 Å². The highest BCUT2D eigenvalue weighted by Crippen LogP contribution is 2.47. The molecule has 6 atom stereocenters. The highest BCUT2D eigenvalue weighted by atomic mass is 16.5. The predicted octanol–water partition coefficient (Wildman–Crippen LogP) is 2.18. The molecule has 0 aromatic carbocycles. The summed E-state index contributed by atoms with van der Waals surface area (Å²) in [7, 11) is 1.37. The van der Waals surface area contributed by atoms with Crippen molar-refractivity contribution in [2.24, 2.45) is 35.5 Å². The number of allylic oxidation sites excluding steroid dienone is 2. The summed E-state index contributed by atoms with van der Waals surface area (Å²) in [5.74, 6) is -1.01.